The van der Waals surface area contributed by atoms with Gasteiger partial charge in [-0.1, -0.05) is 35.5 Å². The molecule has 26 heavy (non-hydrogen) atoms. The van der Waals surface area contributed by atoms with Crippen LogP contribution < -0.4 is 5.32 Å². The Morgan fingerprint density at radius 2 is 2.00 bits per heavy atom. The van der Waals surface area contributed by atoms with Crippen molar-refractivity contribution in [1.29, 1.82) is 0 Å². The van der Waals surface area contributed by atoms with Crippen molar-refractivity contribution in [3.63, 3.8) is 0 Å². The van der Waals surface area contributed by atoms with Crippen LogP contribution in [0.15, 0.2) is 63.9 Å². The normalized spacial score (nSPS) is 10.9. The minimum atomic E-state index is -0.518. The van der Waals surface area contributed by atoms with Crippen molar-refractivity contribution in [2.75, 3.05) is 11.9 Å². The lowest BCUT2D eigenvalue weighted by molar-refractivity contribution is -0.146. The molecule has 0 atom stereocenters. The molecular weight excluding hydrogens is 336 g/mol. The van der Waals surface area contributed by atoms with E-state index in [1.165, 1.54) is 12.3 Å². The zero-order chi connectivity index (χ0) is 17.9. The Labute approximate surface area is 147 Å². The van der Waals surface area contributed by atoms with Crippen molar-refractivity contribution in [2.24, 2.45) is 0 Å². The summed E-state index contributed by atoms with van der Waals surface area (Å²) in [4.78, 5) is 23.8. The highest BCUT2D eigenvalue weighted by Crippen LogP contribution is 2.30. The number of esters is 1. The van der Waals surface area contributed by atoms with E-state index in [1.54, 1.807) is 6.26 Å². The van der Waals surface area contributed by atoms with Crippen molar-refractivity contribution < 1.29 is 23.3 Å². The lowest BCUT2D eigenvalue weighted by Crippen LogP contribution is -2.21. The number of benzene rings is 2. The van der Waals surface area contributed by atoms with Crippen LogP contribution in [0.5, 0.6) is 0 Å². The van der Waals surface area contributed by atoms with E-state index < -0.39 is 18.5 Å². The van der Waals surface area contributed by atoms with Gasteiger partial charge in [-0.25, -0.2) is 0 Å². The number of hydrogen-bond donors (Lipinski definition) is 1. The highest BCUT2D eigenvalue weighted by molar-refractivity contribution is 6.08. The van der Waals surface area contributed by atoms with Crippen LogP contribution in [-0.2, 0) is 20.7 Å². The summed E-state index contributed by atoms with van der Waals surface area (Å²) in [6, 6.07) is 13.2. The second kappa shape index (κ2) is 6.72. The predicted octanol–water partition coefficient (Wildman–Crippen LogP) is 3.30. The van der Waals surface area contributed by atoms with Gasteiger partial charge in [0.2, 0.25) is 0 Å². The lowest BCUT2D eigenvalue weighted by atomic mass is 10.0. The number of anilines is 1. The van der Waals surface area contributed by atoms with E-state index in [2.05, 4.69) is 15.0 Å². The maximum Gasteiger partial charge on any atom is 0.310 e. The van der Waals surface area contributed by atoms with E-state index in [0.29, 0.717) is 5.58 Å². The molecule has 7 nitrogen and oxygen atoms in total. The largest absolute Gasteiger partial charge is 0.464 e. The molecule has 0 aliphatic rings. The Kier molecular flexibility index (Phi) is 4.10. The van der Waals surface area contributed by atoms with Crippen molar-refractivity contribution in [2.45, 2.75) is 6.42 Å². The summed E-state index contributed by atoms with van der Waals surface area (Å²) in [5.74, 6) is -0.746. The number of carbonyl (C=O) groups is 2. The smallest absolute Gasteiger partial charge is 0.310 e. The van der Waals surface area contributed by atoms with Crippen LogP contribution in [0, 0.1) is 0 Å². The number of amides is 1. The third kappa shape index (κ3) is 3.14. The average molecular weight is 350 g/mol. The maximum absolute atomic E-state index is 12.1. The highest BCUT2D eigenvalue weighted by Gasteiger charge is 2.15. The minimum absolute atomic E-state index is 0.0122. The number of carbonyl (C=O) groups excluding carboxylic acids is 2. The number of nitrogens with zero attached hydrogens (tertiary/aromatic N) is 1. The fourth-order valence-electron chi connectivity index (χ4n) is 2.81. The molecule has 0 bridgehead atoms. The van der Waals surface area contributed by atoms with E-state index in [1.807, 2.05) is 36.4 Å². The van der Waals surface area contributed by atoms with Crippen LogP contribution in [0.4, 0.5) is 5.82 Å². The van der Waals surface area contributed by atoms with Gasteiger partial charge in [0.1, 0.15) is 11.8 Å². The standard InChI is InChI=1S/C19H14N2O5/c22-17(20-16-7-8-26-21-16)11-25-18(23)9-13-10-24-15-6-5-12-3-1-2-4-14(12)19(13)15/h1-8,10H,9,11H2,(H,20,21,22). The summed E-state index contributed by atoms with van der Waals surface area (Å²) < 4.78 is 15.2. The Hall–Kier alpha value is -3.61. The van der Waals surface area contributed by atoms with E-state index in [-0.39, 0.29) is 12.2 Å². The SMILES string of the molecule is O=C(COC(=O)Cc1coc2ccc3ccccc3c12)Nc1ccon1. The zero-order valence-electron chi connectivity index (χ0n) is 13.6. The summed E-state index contributed by atoms with van der Waals surface area (Å²) in [6.45, 7) is -0.401. The summed E-state index contributed by atoms with van der Waals surface area (Å²) in [7, 11) is 0. The molecule has 0 saturated carbocycles. The summed E-state index contributed by atoms with van der Waals surface area (Å²) >= 11 is 0. The number of ether oxygens (including phenoxy) is 1. The first-order valence-electron chi connectivity index (χ1n) is 7.94. The van der Waals surface area contributed by atoms with E-state index in [9.17, 15) is 9.59 Å². The number of rotatable bonds is 5. The van der Waals surface area contributed by atoms with Gasteiger partial charge in [0.05, 0.1) is 12.7 Å². The molecule has 0 aliphatic heterocycles. The topological polar surface area (TPSA) is 94.6 Å². The van der Waals surface area contributed by atoms with E-state index >= 15 is 0 Å². The van der Waals surface area contributed by atoms with Gasteiger partial charge in [-0.15, -0.1) is 0 Å². The molecule has 130 valence electrons. The van der Waals surface area contributed by atoms with Gasteiger partial charge >= 0.3 is 5.97 Å². The van der Waals surface area contributed by atoms with E-state index in [0.717, 1.165) is 21.7 Å². The average Bonchev–Trinajstić information content (AvgIpc) is 3.30. The van der Waals surface area contributed by atoms with Crippen LogP contribution in [0.3, 0.4) is 0 Å². The van der Waals surface area contributed by atoms with Gasteiger partial charge in [-0.05, 0) is 16.8 Å². The molecule has 0 radical (unpaired) electrons. The first-order valence-corrected chi connectivity index (χ1v) is 7.94. The molecule has 4 aromatic rings. The van der Waals surface area contributed by atoms with Gasteiger partial charge in [-0.3, -0.25) is 9.59 Å². The third-order valence-electron chi connectivity index (χ3n) is 3.94. The number of furan rings is 1. The fourth-order valence-corrected chi connectivity index (χ4v) is 2.81. The molecule has 2 heterocycles. The van der Waals surface area contributed by atoms with Crippen LogP contribution >= 0.6 is 0 Å². The Balaban J connectivity index is 1.46. The summed E-state index contributed by atoms with van der Waals surface area (Å²) in [5, 5.41) is 8.94. The molecule has 0 unspecified atom stereocenters. The molecule has 7 heteroatoms. The number of nitrogens with one attached hydrogen (secondary N) is 1. The Bertz CT molecular complexity index is 1080. The first kappa shape index (κ1) is 15.9. The zero-order valence-corrected chi connectivity index (χ0v) is 13.6. The molecule has 0 fully saturated rings. The van der Waals surface area contributed by atoms with Gasteiger partial charge in [0.25, 0.3) is 5.91 Å². The van der Waals surface area contributed by atoms with Crippen molar-refractivity contribution in [1.82, 2.24) is 5.16 Å². The molecule has 4 rings (SSSR count). The molecule has 0 aliphatic carbocycles. The minimum Gasteiger partial charge on any atom is -0.464 e. The van der Waals surface area contributed by atoms with Crippen molar-refractivity contribution in [3.05, 3.63) is 60.6 Å². The fraction of sp³-hybridized carbons (Fsp3) is 0.105. The molecule has 1 amide bonds. The van der Waals surface area contributed by atoms with Crippen LogP contribution in [0.25, 0.3) is 21.7 Å². The van der Waals surface area contributed by atoms with Crippen molar-refractivity contribution in [3.8, 4) is 0 Å². The molecule has 0 saturated heterocycles. The highest BCUT2D eigenvalue weighted by atomic mass is 16.5. The van der Waals surface area contributed by atoms with Gasteiger partial charge in [0, 0.05) is 17.0 Å². The van der Waals surface area contributed by atoms with Crippen LogP contribution in [0.1, 0.15) is 5.56 Å². The summed E-state index contributed by atoms with van der Waals surface area (Å²) in [5.41, 5.74) is 1.42. The second-order valence-corrected chi connectivity index (χ2v) is 5.69. The third-order valence-corrected chi connectivity index (χ3v) is 3.94. The molecule has 2 aromatic carbocycles. The predicted molar refractivity (Wildman–Crippen MR) is 93.5 cm³/mol. The van der Waals surface area contributed by atoms with Gasteiger partial charge in [-0.2, -0.15) is 0 Å². The lowest BCUT2D eigenvalue weighted by Gasteiger charge is -2.05. The quantitative estimate of drug-likeness (QED) is 0.555. The number of fused-ring (bicyclic) bond motifs is 3. The molecular formula is C19H14N2O5. The monoisotopic (exact) mass is 350 g/mol. The Morgan fingerprint density at radius 1 is 1.12 bits per heavy atom. The van der Waals surface area contributed by atoms with Crippen molar-refractivity contribution >= 4 is 39.4 Å². The van der Waals surface area contributed by atoms with Crippen LogP contribution in [-0.4, -0.2) is 23.6 Å². The molecule has 0 spiro atoms. The van der Waals surface area contributed by atoms with Crippen LogP contribution in [0.2, 0.25) is 0 Å². The number of hydrogen-bond acceptors (Lipinski definition) is 6. The summed E-state index contributed by atoms with van der Waals surface area (Å²) in [6.07, 6.45) is 2.89. The van der Waals surface area contributed by atoms with Gasteiger partial charge in [0.15, 0.2) is 12.4 Å². The second-order valence-electron chi connectivity index (χ2n) is 5.69. The maximum atomic E-state index is 12.1. The molecule has 2 aromatic heterocycles. The van der Waals surface area contributed by atoms with E-state index in [4.69, 9.17) is 9.15 Å². The molecule has 1 N–H and O–H groups in total. The Morgan fingerprint density at radius 3 is 2.85 bits per heavy atom. The number of aromatic nitrogens is 1. The van der Waals surface area contributed by atoms with Gasteiger partial charge < -0.3 is 19.0 Å². The first-order chi connectivity index (χ1) is 12.7.